The molecule has 1 amide bonds. The zero-order chi connectivity index (χ0) is 11.5. The van der Waals surface area contributed by atoms with E-state index in [4.69, 9.17) is 0 Å². The van der Waals surface area contributed by atoms with Crippen LogP contribution in [0.2, 0.25) is 0 Å². The zero-order valence-corrected chi connectivity index (χ0v) is 11.0. The first kappa shape index (κ1) is 14.8. The van der Waals surface area contributed by atoms with Gasteiger partial charge in [-0.25, -0.2) is 0 Å². The van der Waals surface area contributed by atoms with Crippen LogP contribution < -0.4 is 10.6 Å². The molecule has 0 aromatic rings. The van der Waals surface area contributed by atoms with Crippen molar-refractivity contribution in [2.75, 3.05) is 25.1 Å². The van der Waals surface area contributed by atoms with E-state index in [2.05, 4.69) is 16.9 Å². The van der Waals surface area contributed by atoms with Gasteiger partial charge in [-0.05, 0) is 45.2 Å². The number of nitrogens with one attached hydrogen (secondary N) is 2. The largest absolute Gasteiger partial charge is 0.355 e. The summed E-state index contributed by atoms with van der Waals surface area (Å²) in [5, 5.41) is 6.03. The highest BCUT2D eigenvalue weighted by Crippen LogP contribution is 2.01. The Balaban J connectivity index is 3.30. The number of hydrogen-bond acceptors (Lipinski definition) is 3. The van der Waals surface area contributed by atoms with Gasteiger partial charge in [0.2, 0.25) is 5.91 Å². The van der Waals surface area contributed by atoms with Gasteiger partial charge in [-0.3, -0.25) is 4.79 Å². The molecule has 1 atom stereocenters. The van der Waals surface area contributed by atoms with E-state index in [-0.39, 0.29) is 11.9 Å². The van der Waals surface area contributed by atoms with Crippen LogP contribution in [-0.4, -0.2) is 37.0 Å². The maximum absolute atomic E-state index is 11.3. The lowest BCUT2D eigenvalue weighted by molar-refractivity contribution is -0.122. The Hall–Kier alpha value is -0.220. The number of thioether (sulfide) groups is 1. The predicted octanol–water partition coefficient (Wildman–Crippen LogP) is 1.63. The van der Waals surface area contributed by atoms with E-state index in [0.717, 1.165) is 13.0 Å². The van der Waals surface area contributed by atoms with E-state index in [1.165, 1.54) is 18.6 Å². The summed E-state index contributed by atoms with van der Waals surface area (Å²) in [5.41, 5.74) is 0. The lowest BCUT2D eigenvalue weighted by Crippen LogP contribution is -2.42. The average Bonchev–Trinajstić information content (AvgIpc) is 2.23. The van der Waals surface area contributed by atoms with Crippen LogP contribution in [0.3, 0.4) is 0 Å². The fraction of sp³-hybridized carbons (Fsp3) is 0.909. The summed E-state index contributed by atoms with van der Waals surface area (Å²) < 4.78 is 0. The molecule has 0 fully saturated rings. The van der Waals surface area contributed by atoms with Crippen LogP contribution in [0, 0.1) is 0 Å². The van der Waals surface area contributed by atoms with Gasteiger partial charge in [-0.15, -0.1) is 0 Å². The van der Waals surface area contributed by atoms with Crippen molar-refractivity contribution in [3.8, 4) is 0 Å². The Bertz CT molecular complexity index is 165. The van der Waals surface area contributed by atoms with E-state index < -0.39 is 0 Å². The Morgan fingerprint density at radius 2 is 2.07 bits per heavy atom. The van der Waals surface area contributed by atoms with Gasteiger partial charge in [-0.2, -0.15) is 11.8 Å². The predicted molar refractivity (Wildman–Crippen MR) is 68.4 cm³/mol. The fourth-order valence-corrected chi connectivity index (χ4v) is 1.78. The molecule has 0 saturated carbocycles. The second-order valence-corrected chi connectivity index (χ2v) is 4.61. The highest BCUT2D eigenvalue weighted by molar-refractivity contribution is 7.98. The van der Waals surface area contributed by atoms with Crippen molar-refractivity contribution >= 4 is 17.7 Å². The van der Waals surface area contributed by atoms with Gasteiger partial charge in [0.15, 0.2) is 0 Å². The molecule has 90 valence electrons. The van der Waals surface area contributed by atoms with Gasteiger partial charge in [-0.1, -0.05) is 6.42 Å². The van der Waals surface area contributed by atoms with Crippen molar-refractivity contribution in [2.45, 2.75) is 39.2 Å². The van der Waals surface area contributed by atoms with Gasteiger partial charge >= 0.3 is 0 Å². The molecule has 1 unspecified atom stereocenters. The van der Waals surface area contributed by atoms with Gasteiger partial charge in [0.05, 0.1) is 6.04 Å². The van der Waals surface area contributed by atoms with Crippen LogP contribution in [0.15, 0.2) is 0 Å². The van der Waals surface area contributed by atoms with Crippen molar-refractivity contribution in [2.24, 2.45) is 0 Å². The molecule has 0 rings (SSSR count). The summed E-state index contributed by atoms with van der Waals surface area (Å²) >= 11 is 1.89. The molecule has 0 aliphatic heterocycles. The molecule has 0 bridgehead atoms. The number of unbranched alkanes of at least 4 members (excludes halogenated alkanes) is 2. The van der Waals surface area contributed by atoms with Crippen molar-refractivity contribution in [3.05, 3.63) is 0 Å². The van der Waals surface area contributed by atoms with Crippen molar-refractivity contribution < 1.29 is 4.79 Å². The molecule has 15 heavy (non-hydrogen) atoms. The monoisotopic (exact) mass is 232 g/mol. The normalized spacial score (nSPS) is 12.5. The zero-order valence-electron chi connectivity index (χ0n) is 10.1. The summed E-state index contributed by atoms with van der Waals surface area (Å²) in [7, 11) is 0. The van der Waals surface area contributed by atoms with Gasteiger partial charge in [0.25, 0.3) is 0 Å². The summed E-state index contributed by atoms with van der Waals surface area (Å²) in [6.45, 7) is 5.49. The molecule has 4 heteroatoms. The van der Waals surface area contributed by atoms with Gasteiger partial charge < -0.3 is 10.6 Å². The third kappa shape index (κ3) is 8.75. The van der Waals surface area contributed by atoms with E-state index >= 15 is 0 Å². The minimum atomic E-state index is -0.0644. The molecular formula is C11H24N2OS. The minimum Gasteiger partial charge on any atom is -0.355 e. The van der Waals surface area contributed by atoms with Crippen LogP contribution >= 0.6 is 11.8 Å². The third-order valence-electron chi connectivity index (χ3n) is 2.22. The van der Waals surface area contributed by atoms with E-state index in [0.29, 0.717) is 6.54 Å². The number of likely N-dealkylation sites (N-methyl/N-ethyl adjacent to an activating group) is 1. The van der Waals surface area contributed by atoms with Crippen LogP contribution in [-0.2, 0) is 4.79 Å². The Kier molecular flexibility index (Phi) is 10.2. The molecule has 0 radical (unpaired) electrons. The standard InChI is InChI=1S/C11H24N2OS/c1-4-12-11(14)10(2)13-8-6-5-7-9-15-3/h10,13H,4-9H2,1-3H3,(H,12,14). The summed E-state index contributed by atoms with van der Waals surface area (Å²) in [6.07, 6.45) is 5.81. The first-order valence-electron chi connectivity index (χ1n) is 5.72. The fourth-order valence-electron chi connectivity index (χ4n) is 1.29. The first-order valence-corrected chi connectivity index (χ1v) is 7.11. The Morgan fingerprint density at radius 1 is 1.33 bits per heavy atom. The molecular weight excluding hydrogens is 208 g/mol. The minimum absolute atomic E-state index is 0.0644. The van der Waals surface area contributed by atoms with Crippen molar-refractivity contribution in [1.82, 2.24) is 10.6 Å². The van der Waals surface area contributed by atoms with Gasteiger partial charge in [0, 0.05) is 6.54 Å². The lowest BCUT2D eigenvalue weighted by atomic mass is 10.2. The Labute approximate surface area is 97.8 Å². The molecule has 0 aromatic heterocycles. The molecule has 0 heterocycles. The molecule has 0 aromatic carbocycles. The highest BCUT2D eigenvalue weighted by atomic mass is 32.2. The van der Waals surface area contributed by atoms with Crippen LogP contribution in [0.4, 0.5) is 0 Å². The summed E-state index contributed by atoms with van der Waals surface area (Å²) in [6, 6.07) is -0.0644. The molecule has 2 N–H and O–H groups in total. The highest BCUT2D eigenvalue weighted by Gasteiger charge is 2.09. The summed E-state index contributed by atoms with van der Waals surface area (Å²) in [5.74, 6) is 1.34. The summed E-state index contributed by atoms with van der Waals surface area (Å²) in [4.78, 5) is 11.3. The van der Waals surface area contributed by atoms with Crippen molar-refractivity contribution in [1.29, 1.82) is 0 Å². The number of hydrogen-bond donors (Lipinski definition) is 2. The maximum atomic E-state index is 11.3. The molecule has 0 saturated heterocycles. The van der Waals surface area contributed by atoms with E-state index in [1.807, 2.05) is 25.6 Å². The van der Waals surface area contributed by atoms with Crippen LogP contribution in [0.1, 0.15) is 33.1 Å². The van der Waals surface area contributed by atoms with E-state index in [9.17, 15) is 4.79 Å². The molecule has 0 aliphatic carbocycles. The van der Waals surface area contributed by atoms with Crippen LogP contribution in [0.25, 0.3) is 0 Å². The smallest absolute Gasteiger partial charge is 0.236 e. The average molecular weight is 232 g/mol. The number of rotatable bonds is 9. The first-order chi connectivity index (χ1) is 7.22. The van der Waals surface area contributed by atoms with E-state index in [1.54, 1.807) is 0 Å². The Morgan fingerprint density at radius 3 is 2.67 bits per heavy atom. The number of carbonyl (C=O) groups excluding carboxylic acids is 1. The van der Waals surface area contributed by atoms with Crippen molar-refractivity contribution in [3.63, 3.8) is 0 Å². The quantitative estimate of drug-likeness (QED) is 0.594. The second kappa shape index (κ2) is 10.3. The molecule has 0 aliphatic rings. The number of carbonyl (C=O) groups is 1. The lowest BCUT2D eigenvalue weighted by Gasteiger charge is -2.12. The number of amides is 1. The topological polar surface area (TPSA) is 41.1 Å². The maximum Gasteiger partial charge on any atom is 0.236 e. The second-order valence-electron chi connectivity index (χ2n) is 3.62. The van der Waals surface area contributed by atoms with Gasteiger partial charge in [0.1, 0.15) is 0 Å². The van der Waals surface area contributed by atoms with Crippen LogP contribution in [0.5, 0.6) is 0 Å². The SMILES string of the molecule is CCNC(=O)C(C)NCCCCCSC. The third-order valence-corrected chi connectivity index (χ3v) is 2.92. The molecule has 0 spiro atoms. The molecule has 3 nitrogen and oxygen atoms in total.